The highest BCUT2D eigenvalue weighted by molar-refractivity contribution is 5.77. The van der Waals surface area contributed by atoms with Gasteiger partial charge in [0.25, 0.3) is 0 Å². The van der Waals surface area contributed by atoms with Crippen molar-refractivity contribution in [2.45, 2.75) is 57.8 Å². The molecular formula is C24H35N5O. The van der Waals surface area contributed by atoms with E-state index < -0.39 is 0 Å². The monoisotopic (exact) mass is 409 g/mol. The molecule has 6 fully saturated rings. The van der Waals surface area contributed by atoms with Crippen LogP contribution >= 0.6 is 0 Å². The summed E-state index contributed by atoms with van der Waals surface area (Å²) in [5, 5.41) is 0. The molecule has 2 saturated heterocycles. The zero-order valence-electron chi connectivity index (χ0n) is 18.1. The Morgan fingerprint density at radius 3 is 2.17 bits per heavy atom. The molecule has 0 radical (unpaired) electrons. The third kappa shape index (κ3) is 3.46. The molecule has 30 heavy (non-hydrogen) atoms. The Morgan fingerprint density at radius 2 is 1.53 bits per heavy atom. The Hall–Kier alpha value is -1.85. The van der Waals surface area contributed by atoms with Crippen molar-refractivity contribution >= 4 is 17.7 Å². The average Bonchev–Trinajstić information content (AvgIpc) is 3.28. The topological polar surface area (TPSA) is 52.6 Å². The molecule has 4 bridgehead atoms. The van der Waals surface area contributed by atoms with E-state index in [2.05, 4.69) is 19.7 Å². The lowest BCUT2D eigenvalue weighted by Crippen LogP contribution is -2.52. The minimum atomic E-state index is 0.347. The van der Waals surface area contributed by atoms with Gasteiger partial charge in [-0.15, -0.1) is 0 Å². The van der Waals surface area contributed by atoms with Crippen LogP contribution in [0.2, 0.25) is 0 Å². The van der Waals surface area contributed by atoms with Gasteiger partial charge in [-0.3, -0.25) is 4.79 Å². The van der Waals surface area contributed by atoms with Crippen LogP contribution in [0.5, 0.6) is 0 Å². The molecule has 7 rings (SSSR count). The van der Waals surface area contributed by atoms with Gasteiger partial charge < -0.3 is 14.7 Å². The van der Waals surface area contributed by atoms with Gasteiger partial charge in [-0.25, -0.2) is 4.98 Å². The van der Waals surface area contributed by atoms with Crippen LogP contribution in [0.3, 0.4) is 0 Å². The summed E-state index contributed by atoms with van der Waals surface area (Å²) < 4.78 is 0. The fraction of sp³-hybridized carbons (Fsp3) is 0.792. The molecule has 162 valence electrons. The van der Waals surface area contributed by atoms with Gasteiger partial charge >= 0.3 is 0 Å². The van der Waals surface area contributed by atoms with E-state index in [1.54, 1.807) is 0 Å². The van der Waals surface area contributed by atoms with Crippen molar-refractivity contribution in [2.75, 3.05) is 49.1 Å². The van der Waals surface area contributed by atoms with E-state index in [-0.39, 0.29) is 0 Å². The number of carbonyl (C=O) groups excluding carboxylic acids is 1. The second-order valence-corrected chi connectivity index (χ2v) is 10.9. The molecule has 3 heterocycles. The SMILES string of the molecule is O=C(CC12CC3CC(CC(C3)C1)C2)N1CCN(c2ccnc(N3CCCC3)n2)CC1. The highest BCUT2D eigenvalue weighted by atomic mass is 16.2. The van der Waals surface area contributed by atoms with Gasteiger partial charge in [-0.1, -0.05) is 0 Å². The predicted octanol–water partition coefficient (Wildman–Crippen LogP) is 3.33. The van der Waals surface area contributed by atoms with Crippen LogP contribution in [0.4, 0.5) is 11.8 Å². The number of nitrogens with zero attached hydrogens (tertiary/aromatic N) is 5. The molecule has 4 saturated carbocycles. The number of aromatic nitrogens is 2. The van der Waals surface area contributed by atoms with Gasteiger partial charge in [0.2, 0.25) is 11.9 Å². The Morgan fingerprint density at radius 1 is 0.900 bits per heavy atom. The van der Waals surface area contributed by atoms with Gasteiger partial charge in [0.05, 0.1) is 0 Å². The summed E-state index contributed by atoms with van der Waals surface area (Å²) in [4.78, 5) is 29.3. The van der Waals surface area contributed by atoms with Crippen molar-refractivity contribution in [3.63, 3.8) is 0 Å². The molecule has 1 aromatic rings. The first-order valence-corrected chi connectivity index (χ1v) is 12.3. The van der Waals surface area contributed by atoms with Gasteiger partial charge in [0, 0.05) is 51.9 Å². The Balaban J connectivity index is 1.07. The molecule has 0 atom stereocenters. The summed E-state index contributed by atoms with van der Waals surface area (Å²) in [6.07, 6.45) is 13.5. The van der Waals surface area contributed by atoms with Crippen molar-refractivity contribution in [1.82, 2.24) is 14.9 Å². The highest BCUT2D eigenvalue weighted by Gasteiger charge is 2.51. The normalized spacial score (nSPS) is 35.3. The van der Waals surface area contributed by atoms with Crippen LogP contribution in [-0.2, 0) is 4.79 Å². The standard InChI is InChI=1S/C24H35N5O/c30-22(17-24-14-18-11-19(15-24)13-20(12-18)16-24)28-9-7-27(8-10-28)21-3-4-25-23(26-21)29-5-1-2-6-29/h3-4,18-20H,1-2,5-17H2. The van der Waals surface area contributed by atoms with Gasteiger partial charge in [-0.2, -0.15) is 4.98 Å². The number of hydrogen-bond donors (Lipinski definition) is 0. The number of hydrogen-bond acceptors (Lipinski definition) is 5. The fourth-order valence-electron chi connectivity index (χ4n) is 7.71. The van der Waals surface area contributed by atoms with E-state index in [0.29, 0.717) is 11.3 Å². The van der Waals surface area contributed by atoms with Gasteiger partial charge in [-0.05, 0) is 80.6 Å². The van der Waals surface area contributed by atoms with Crippen LogP contribution in [0.15, 0.2) is 12.3 Å². The maximum absolute atomic E-state index is 13.2. The maximum Gasteiger partial charge on any atom is 0.227 e. The number of amides is 1. The van der Waals surface area contributed by atoms with Crippen molar-refractivity contribution in [2.24, 2.45) is 23.2 Å². The average molecular weight is 410 g/mol. The van der Waals surface area contributed by atoms with Crippen molar-refractivity contribution < 1.29 is 4.79 Å². The van der Waals surface area contributed by atoms with E-state index in [1.165, 1.54) is 51.4 Å². The largest absolute Gasteiger partial charge is 0.353 e. The predicted molar refractivity (Wildman–Crippen MR) is 117 cm³/mol. The van der Waals surface area contributed by atoms with Crippen LogP contribution in [-0.4, -0.2) is 60.0 Å². The Kier molecular flexibility index (Phi) is 4.65. The third-order valence-corrected chi connectivity index (χ3v) is 8.66. The van der Waals surface area contributed by atoms with E-state index >= 15 is 0 Å². The summed E-state index contributed by atoms with van der Waals surface area (Å²) >= 11 is 0. The van der Waals surface area contributed by atoms with Gasteiger partial charge in [0.1, 0.15) is 5.82 Å². The van der Waals surface area contributed by atoms with Crippen LogP contribution in [0.1, 0.15) is 57.8 Å². The maximum atomic E-state index is 13.2. The molecule has 6 aliphatic rings. The highest BCUT2D eigenvalue weighted by Crippen LogP contribution is 2.61. The molecule has 1 amide bonds. The number of rotatable bonds is 4. The smallest absolute Gasteiger partial charge is 0.227 e. The minimum Gasteiger partial charge on any atom is -0.353 e. The van der Waals surface area contributed by atoms with E-state index in [1.807, 2.05) is 12.3 Å². The van der Waals surface area contributed by atoms with E-state index in [4.69, 9.17) is 4.98 Å². The van der Waals surface area contributed by atoms with Crippen LogP contribution in [0, 0.1) is 23.2 Å². The first-order valence-electron chi connectivity index (χ1n) is 12.3. The Bertz CT molecular complexity index is 761. The lowest BCUT2D eigenvalue weighted by molar-refractivity contribution is -0.139. The van der Waals surface area contributed by atoms with E-state index in [9.17, 15) is 4.79 Å². The summed E-state index contributed by atoms with van der Waals surface area (Å²) in [5.41, 5.74) is 0.347. The fourth-order valence-corrected chi connectivity index (χ4v) is 7.71. The second-order valence-electron chi connectivity index (χ2n) is 10.9. The number of piperazine rings is 1. The first-order chi connectivity index (χ1) is 14.7. The van der Waals surface area contributed by atoms with Crippen molar-refractivity contribution in [3.8, 4) is 0 Å². The molecule has 4 aliphatic carbocycles. The molecule has 0 unspecified atom stereocenters. The number of carbonyl (C=O) groups is 1. The first kappa shape index (κ1) is 18.9. The molecular weight excluding hydrogens is 374 g/mol. The molecule has 0 spiro atoms. The second kappa shape index (κ2) is 7.38. The zero-order chi connectivity index (χ0) is 20.1. The van der Waals surface area contributed by atoms with Crippen LogP contribution in [0.25, 0.3) is 0 Å². The lowest BCUT2D eigenvalue weighted by atomic mass is 9.49. The summed E-state index contributed by atoms with van der Waals surface area (Å²) in [6.45, 7) is 5.54. The van der Waals surface area contributed by atoms with Crippen molar-refractivity contribution in [3.05, 3.63) is 12.3 Å². The van der Waals surface area contributed by atoms with Crippen LogP contribution < -0.4 is 9.80 Å². The summed E-state index contributed by atoms with van der Waals surface area (Å²) in [7, 11) is 0. The van der Waals surface area contributed by atoms with E-state index in [0.717, 1.165) is 75.2 Å². The summed E-state index contributed by atoms with van der Waals surface area (Å²) in [6, 6.07) is 2.02. The summed E-state index contributed by atoms with van der Waals surface area (Å²) in [5.74, 6) is 5.05. The third-order valence-electron chi connectivity index (χ3n) is 8.66. The molecule has 0 aromatic carbocycles. The molecule has 6 heteroatoms. The van der Waals surface area contributed by atoms with Gasteiger partial charge in [0.15, 0.2) is 0 Å². The van der Waals surface area contributed by atoms with Crippen molar-refractivity contribution in [1.29, 1.82) is 0 Å². The lowest BCUT2D eigenvalue weighted by Gasteiger charge is -2.57. The molecule has 6 nitrogen and oxygen atoms in total. The molecule has 0 N–H and O–H groups in total. The quantitative estimate of drug-likeness (QED) is 0.763. The minimum absolute atomic E-state index is 0.347. The number of anilines is 2. The molecule has 1 aromatic heterocycles. The Labute approximate surface area is 180 Å². The molecule has 2 aliphatic heterocycles. The zero-order valence-corrected chi connectivity index (χ0v) is 18.1.